The normalized spacial score (nSPS) is 13.1. The topological polar surface area (TPSA) is 92.7 Å². The molecule has 0 spiro atoms. The Morgan fingerprint density at radius 2 is 1.94 bits per heavy atom. The molecule has 1 atom stereocenters. The molecule has 0 heterocycles. The van der Waals surface area contributed by atoms with Crippen molar-refractivity contribution in [3.05, 3.63) is 29.8 Å². The summed E-state index contributed by atoms with van der Waals surface area (Å²) in [6.07, 6.45) is -1.52. The first-order valence-corrected chi connectivity index (χ1v) is 6.67. The van der Waals surface area contributed by atoms with Crippen LogP contribution in [0.3, 0.4) is 0 Å². The van der Waals surface area contributed by atoms with Gasteiger partial charge in [-0.3, -0.25) is 0 Å². The number of ether oxygens (including phenoxy) is 1. The summed E-state index contributed by atoms with van der Waals surface area (Å²) in [7, 11) is -2.62. The fraction of sp³-hybridized carbons (Fsp3) is 0.364. The van der Waals surface area contributed by atoms with Gasteiger partial charge in [-0.15, -0.1) is 0 Å². The molecule has 0 radical (unpaired) electrons. The molecule has 0 saturated heterocycles. The van der Waals surface area contributed by atoms with Gasteiger partial charge in [0, 0.05) is 6.54 Å². The second-order valence-electron chi connectivity index (χ2n) is 3.70. The molecule has 0 saturated carbocycles. The van der Waals surface area contributed by atoms with Crippen LogP contribution in [-0.4, -0.2) is 39.3 Å². The van der Waals surface area contributed by atoms with E-state index in [1.54, 1.807) is 12.1 Å². The minimum absolute atomic E-state index is 0.0742. The highest BCUT2D eigenvalue weighted by molar-refractivity contribution is 7.89. The number of benzene rings is 1. The highest BCUT2D eigenvalue weighted by atomic mass is 32.2. The molecule has 1 rings (SSSR count). The average molecular weight is 273 g/mol. The monoisotopic (exact) mass is 273 g/mol. The highest BCUT2D eigenvalue weighted by Crippen LogP contribution is 2.09. The van der Waals surface area contributed by atoms with Gasteiger partial charge in [-0.1, -0.05) is 17.7 Å². The van der Waals surface area contributed by atoms with Crippen LogP contribution in [-0.2, 0) is 19.6 Å². The van der Waals surface area contributed by atoms with E-state index < -0.39 is 28.6 Å². The summed E-state index contributed by atoms with van der Waals surface area (Å²) in [5, 5.41) is 9.27. The second-order valence-corrected chi connectivity index (χ2v) is 5.47. The Morgan fingerprint density at radius 1 is 1.39 bits per heavy atom. The number of hydrogen-bond donors (Lipinski definition) is 2. The second kappa shape index (κ2) is 5.94. The summed E-state index contributed by atoms with van der Waals surface area (Å²) in [5.41, 5.74) is 0.934. The van der Waals surface area contributed by atoms with Gasteiger partial charge < -0.3 is 9.84 Å². The Hall–Kier alpha value is -1.44. The lowest BCUT2D eigenvalue weighted by atomic mass is 10.2. The predicted octanol–water partition coefficient (Wildman–Crippen LogP) is -0.193. The zero-order valence-corrected chi connectivity index (χ0v) is 10.9. The largest absolute Gasteiger partial charge is 0.467 e. The van der Waals surface area contributed by atoms with Crippen molar-refractivity contribution < 1.29 is 23.1 Å². The average Bonchev–Trinajstić information content (AvgIpc) is 2.35. The third-order valence-corrected chi connectivity index (χ3v) is 3.71. The number of nitrogens with one attached hydrogen (secondary N) is 1. The summed E-state index contributed by atoms with van der Waals surface area (Å²) >= 11 is 0. The quantitative estimate of drug-likeness (QED) is 0.725. The van der Waals surface area contributed by atoms with Crippen LogP contribution in [0.4, 0.5) is 0 Å². The lowest BCUT2D eigenvalue weighted by Crippen LogP contribution is -2.37. The zero-order chi connectivity index (χ0) is 13.8. The summed E-state index contributed by atoms with van der Waals surface area (Å²) in [4.78, 5) is 11.0. The number of methoxy groups -OCH3 is 1. The Labute approximate surface area is 106 Å². The molecule has 18 heavy (non-hydrogen) atoms. The lowest BCUT2D eigenvalue weighted by molar-refractivity contribution is -0.149. The molecule has 0 aliphatic rings. The lowest BCUT2D eigenvalue weighted by Gasteiger charge is -2.10. The predicted molar refractivity (Wildman–Crippen MR) is 64.4 cm³/mol. The van der Waals surface area contributed by atoms with Gasteiger partial charge in [-0.2, -0.15) is 0 Å². The smallest absolute Gasteiger partial charge is 0.336 e. The number of aliphatic hydroxyl groups excluding tert-OH is 1. The maximum atomic E-state index is 11.8. The zero-order valence-electron chi connectivity index (χ0n) is 10.1. The molecule has 0 aliphatic carbocycles. The molecule has 1 unspecified atom stereocenters. The van der Waals surface area contributed by atoms with E-state index >= 15 is 0 Å². The third-order valence-electron chi connectivity index (χ3n) is 2.27. The number of carbonyl (C=O) groups is 1. The van der Waals surface area contributed by atoms with E-state index in [0.717, 1.165) is 12.7 Å². The van der Waals surface area contributed by atoms with Gasteiger partial charge in [0.1, 0.15) is 0 Å². The number of esters is 1. The fourth-order valence-corrected chi connectivity index (χ4v) is 2.25. The minimum atomic E-state index is -3.73. The molecule has 0 aromatic heterocycles. The van der Waals surface area contributed by atoms with Gasteiger partial charge in [-0.05, 0) is 19.1 Å². The molecule has 1 aromatic carbocycles. The molecular formula is C11H15NO5S. The van der Waals surface area contributed by atoms with Crippen LogP contribution in [0.2, 0.25) is 0 Å². The number of aryl methyl sites for hydroxylation is 1. The molecule has 2 N–H and O–H groups in total. The van der Waals surface area contributed by atoms with E-state index in [1.807, 2.05) is 6.92 Å². The van der Waals surface area contributed by atoms with Gasteiger partial charge in [-0.25, -0.2) is 17.9 Å². The van der Waals surface area contributed by atoms with Crippen molar-refractivity contribution in [2.45, 2.75) is 17.9 Å². The maximum Gasteiger partial charge on any atom is 0.336 e. The van der Waals surface area contributed by atoms with E-state index in [-0.39, 0.29) is 4.90 Å². The Kier molecular flexibility index (Phi) is 4.83. The first kappa shape index (κ1) is 14.6. The standard InChI is InChI=1S/C11H15NO5S/c1-8-3-5-9(6-4-8)18(15,16)12-7-10(13)11(14)17-2/h3-6,10,12-13H,7H2,1-2H3. The van der Waals surface area contributed by atoms with E-state index in [9.17, 15) is 18.3 Å². The van der Waals surface area contributed by atoms with Crippen molar-refractivity contribution in [1.29, 1.82) is 0 Å². The fourth-order valence-electron chi connectivity index (χ4n) is 1.21. The van der Waals surface area contributed by atoms with Crippen molar-refractivity contribution in [2.75, 3.05) is 13.7 Å². The van der Waals surface area contributed by atoms with E-state index in [2.05, 4.69) is 9.46 Å². The van der Waals surface area contributed by atoms with Gasteiger partial charge in [0.15, 0.2) is 6.10 Å². The molecule has 7 heteroatoms. The van der Waals surface area contributed by atoms with Crippen LogP contribution < -0.4 is 4.72 Å². The molecule has 6 nitrogen and oxygen atoms in total. The maximum absolute atomic E-state index is 11.8. The Bertz CT molecular complexity index is 509. The van der Waals surface area contributed by atoms with Crippen molar-refractivity contribution in [1.82, 2.24) is 4.72 Å². The molecule has 1 aromatic rings. The van der Waals surface area contributed by atoms with E-state index in [4.69, 9.17) is 0 Å². The Balaban J connectivity index is 2.71. The molecule has 100 valence electrons. The minimum Gasteiger partial charge on any atom is -0.467 e. The molecule has 0 fully saturated rings. The Morgan fingerprint density at radius 3 is 2.44 bits per heavy atom. The van der Waals surface area contributed by atoms with Crippen LogP contribution in [0.1, 0.15) is 5.56 Å². The van der Waals surface area contributed by atoms with E-state index in [0.29, 0.717) is 0 Å². The summed E-state index contributed by atoms with van der Waals surface area (Å²) in [6.45, 7) is 1.41. The number of aliphatic hydroxyl groups is 1. The highest BCUT2D eigenvalue weighted by Gasteiger charge is 2.20. The van der Waals surface area contributed by atoms with Crippen molar-refractivity contribution in [3.8, 4) is 0 Å². The van der Waals surface area contributed by atoms with Crippen LogP contribution in [0.5, 0.6) is 0 Å². The number of hydrogen-bond acceptors (Lipinski definition) is 5. The van der Waals surface area contributed by atoms with Crippen LogP contribution >= 0.6 is 0 Å². The SMILES string of the molecule is COC(=O)C(O)CNS(=O)(=O)c1ccc(C)cc1. The van der Waals surface area contributed by atoms with Gasteiger partial charge in [0.2, 0.25) is 10.0 Å². The van der Waals surface area contributed by atoms with Crippen molar-refractivity contribution in [3.63, 3.8) is 0 Å². The molecule has 0 aliphatic heterocycles. The van der Waals surface area contributed by atoms with Crippen molar-refractivity contribution >= 4 is 16.0 Å². The number of sulfonamides is 1. The molecular weight excluding hydrogens is 258 g/mol. The van der Waals surface area contributed by atoms with Crippen LogP contribution in [0.25, 0.3) is 0 Å². The first-order chi connectivity index (χ1) is 8.36. The van der Waals surface area contributed by atoms with Crippen LogP contribution in [0.15, 0.2) is 29.2 Å². The number of rotatable bonds is 5. The molecule has 0 bridgehead atoms. The van der Waals surface area contributed by atoms with Crippen molar-refractivity contribution in [2.24, 2.45) is 0 Å². The summed E-state index contributed by atoms with van der Waals surface area (Å²) in [5.74, 6) is -0.887. The van der Waals surface area contributed by atoms with Crippen LogP contribution in [0, 0.1) is 6.92 Å². The summed E-state index contributed by atoms with van der Waals surface area (Å²) < 4.78 is 30.0. The van der Waals surface area contributed by atoms with Gasteiger partial charge in [0.25, 0.3) is 0 Å². The van der Waals surface area contributed by atoms with Gasteiger partial charge in [0.05, 0.1) is 12.0 Å². The first-order valence-electron chi connectivity index (χ1n) is 5.19. The third kappa shape index (κ3) is 3.80. The molecule has 0 amide bonds. The van der Waals surface area contributed by atoms with Gasteiger partial charge >= 0.3 is 5.97 Å². The van der Waals surface area contributed by atoms with E-state index in [1.165, 1.54) is 12.1 Å². The number of carbonyl (C=O) groups excluding carboxylic acids is 1. The summed E-state index contributed by atoms with van der Waals surface area (Å²) in [6, 6.07) is 6.21.